The predicted molar refractivity (Wildman–Crippen MR) is 74.3 cm³/mol. The molecule has 1 fully saturated rings. The average molecular weight is 295 g/mol. The van der Waals surface area contributed by atoms with Gasteiger partial charge >= 0.3 is 0 Å². The van der Waals surface area contributed by atoms with Gasteiger partial charge in [-0.2, -0.15) is 0 Å². The van der Waals surface area contributed by atoms with Crippen molar-refractivity contribution < 1.29 is 4.79 Å². The largest absolute Gasteiger partial charge is 0.354 e. The number of hydrogen-bond acceptors (Lipinski definition) is 3. The Balaban J connectivity index is 0.00000144. The number of amides is 1. The second-order valence-corrected chi connectivity index (χ2v) is 5.70. The van der Waals surface area contributed by atoms with Gasteiger partial charge in [-0.1, -0.05) is 11.6 Å². The van der Waals surface area contributed by atoms with Gasteiger partial charge in [-0.3, -0.25) is 4.79 Å². The van der Waals surface area contributed by atoms with E-state index in [-0.39, 0.29) is 24.4 Å². The molecule has 96 valence electrons. The molecule has 0 aliphatic carbocycles. The summed E-state index contributed by atoms with van der Waals surface area (Å²) in [6.45, 7) is 1.65. The zero-order valence-electron chi connectivity index (χ0n) is 9.37. The van der Waals surface area contributed by atoms with Crippen molar-refractivity contribution in [2.45, 2.75) is 25.3 Å². The molecule has 0 bridgehead atoms. The molecule has 0 radical (unpaired) electrons. The number of nitrogens with one attached hydrogen (secondary N) is 2. The summed E-state index contributed by atoms with van der Waals surface area (Å²) in [6.07, 6.45) is 2.91. The van der Waals surface area contributed by atoms with E-state index in [1.165, 1.54) is 4.88 Å². The molecule has 3 nitrogen and oxygen atoms in total. The quantitative estimate of drug-likeness (QED) is 0.894. The van der Waals surface area contributed by atoms with Gasteiger partial charge in [0.25, 0.3) is 0 Å². The van der Waals surface area contributed by atoms with Crippen molar-refractivity contribution in [3.8, 4) is 0 Å². The van der Waals surface area contributed by atoms with Gasteiger partial charge in [-0.05, 0) is 37.9 Å². The van der Waals surface area contributed by atoms with Crippen LogP contribution in [0.15, 0.2) is 12.1 Å². The lowest BCUT2D eigenvalue weighted by atomic mass is 10.2. The van der Waals surface area contributed by atoms with E-state index in [9.17, 15) is 4.79 Å². The zero-order chi connectivity index (χ0) is 11.4. The summed E-state index contributed by atoms with van der Waals surface area (Å²) < 4.78 is 0.804. The van der Waals surface area contributed by atoms with E-state index in [0.717, 1.165) is 30.1 Å². The number of carbonyl (C=O) groups is 1. The van der Waals surface area contributed by atoms with Crippen molar-refractivity contribution in [2.75, 3.05) is 13.1 Å². The molecular formula is C11H16Cl2N2OS. The van der Waals surface area contributed by atoms with Crippen LogP contribution in [0.3, 0.4) is 0 Å². The number of carbonyl (C=O) groups excluding carboxylic acids is 1. The Bertz CT molecular complexity index is 364. The van der Waals surface area contributed by atoms with Crippen molar-refractivity contribution >= 4 is 41.3 Å². The van der Waals surface area contributed by atoms with Gasteiger partial charge in [-0.25, -0.2) is 0 Å². The Labute approximate surface area is 116 Å². The Morgan fingerprint density at radius 2 is 2.41 bits per heavy atom. The van der Waals surface area contributed by atoms with Crippen LogP contribution in [0.2, 0.25) is 4.34 Å². The van der Waals surface area contributed by atoms with Gasteiger partial charge in [0, 0.05) is 11.4 Å². The summed E-state index contributed by atoms with van der Waals surface area (Å²) in [7, 11) is 0. The van der Waals surface area contributed by atoms with Gasteiger partial charge in [0.2, 0.25) is 5.91 Å². The highest BCUT2D eigenvalue weighted by Gasteiger charge is 2.21. The van der Waals surface area contributed by atoms with Crippen LogP contribution in [-0.2, 0) is 11.2 Å². The van der Waals surface area contributed by atoms with Crippen LogP contribution in [0.25, 0.3) is 0 Å². The molecule has 1 amide bonds. The van der Waals surface area contributed by atoms with E-state index in [1.54, 1.807) is 11.3 Å². The number of hydrogen-bond donors (Lipinski definition) is 2. The molecule has 17 heavy (non-hydrogen) atoms. The topological polar surface area (TPSA) is 41.1 Å². The Hall–Kier alpha value is -0.290. The minimum Gasteiger partial charge on any atom is -0.354 e. The molecule has 2 N–H and O–H groups in total. The third-order valence-corrected chi connectivity index (χ3v) is 3.97. The molecule has 1 aromatic rings. The molecule has 2 rings (SSSR count). The smallest absolute Gasteiger partial charge is 0.237 e. The number of rotatable bonds is 4. The van der Waals surface area contributed by atoms with Crippen LogP contribution in [-0.4, -0.2) is 25.0 Å². The Morgan fingerprint density at radius 3 is 3.00 bits per heavy atom. The predicted octanol–water partition coefficient (Wildman–Crippen LogP) is 2.23. The van der Waals surface area contributed by atoms with E-state index in [2.05, 4.69) is 10.6 Å². The molecule has 1 aliphatic rings. The molecule has 2 heterocycles. The van der Waals surface area contributed by atoms with Gasteiger partial charge in [-0.15, -0.1) is 23.7 Å². The lowest BCUT2D eigenvalue weighted by Gasteiger charge is -2.10. The van der Waals surface area contributed by atoms with Crippen molar-refractivity contribution in [2.24, 2.45) is 0 Å². The average Bonchev–Trinajstić information content (AvgIpc) is 2.89. The van der Waals surface area contributed by atoms with Crippen LogP contribution >= 0.6 is 35.3 Å². The van der Waals surface area contributed by atoms with Crippen LogP contribution in [0.1, 0.15) is 17.7 Å². The van der Waals surface area contributed by atoms with E-state index < -0.39 is 0 Å². The third-order valence-electron chi connectivity index (χ3n) is 2.68. The minimum absolute atomic E-state index is 0. The van der Waals surface area contributed by atoms with Crippen molar-refractivity contribution in [3.63, 3.8) is 0 Å². The highest BCUT2D eigenvalue weighted by atomic mass is 35.5. The SMILES string of the molecule is Cl.O=C(NCCc1ccc(Cl)s1)[C@@H]1CCCN1. The Kier molecular flexibility index (Phi) is 6.27. The summed E-state index contributed by atoms with van der Waals surface area (Å²) in [5.74, 6) is 0.125. The molecule has 0 saturated carbocycles. The van der Waals surface area contributed by atoms with Crippen LogP contribution < -0.4 is 10.6 Å². The fourth-order valence-electron chi connectivity index (χ4n) is 1.83. The normalized spacial score (nSPS) is 18.8. The summed E-state index contributed by atoms with van der Waals surface area (Å²) in [5.41, 5.74) is 0. The van der Waals surface area contributed by atoms with Crippen molar-refractivity contribution in [1.82, 2.24) is 10.6 Å². The molecule has 1 aliphatic heterocycles. The van der Waals surface area contributed by atoms with Crippen molar-refractivity contribution in [3.05, 3.63) is 21.3 Å². The molecule has 0 unspecified atom stereocenters. The van der Waals surface area contributed by atoms with Crippen LogP contribution in [0.4, 0.5) is 0 Å². The molecule has 0 spiro atoms. The van der Waals surface area contributed by atoms with E-state index >= 15 is 0 Å². The van der Waals surface area contributed by atoms with Gasteiger partial charge < -0.3 is 10.6 Å². The lowest BCUT2D eigenvalue weighted by molar-refractivity contribution is -0.122. The summed E-state index contributed by atoms with van der Waals surface area (Å²) >= 11 is 7.40. The first-order valence-electron chi connectivity index (χ1n) is 5.51. The highest BCUT2D eigenvalue weighted by Crippen LogP contribution is 2.21. The standard InChI is InChI=1S/C11H15ClN2OS.ClH/c12-10-4-3-8(16-10)5-7-14-11(15)9-2-1-6-13-9;/h3-4,9,13H,1-2,5-7H2,(H,14,15);1H/t9-;/m0./s1. The van der Waals surface area contributed by atoms with Crippen molar-refractivity contribution in [1.29, 1.82) is 0 Å². The molecule has 6 heteroatoms. The first kappa shape index (κ1) is 14.8. The maximum atomic E-state index is 11.6. The third kappa shape index (κ3) is 4.47. The summed E-state index contributed by atoms with van der Waals surface area (Å²) in [5, 5.41) is 6.12. The van der Waals surface area contributed by atoms with Gasteiger partial charge in [0.1, 0.15) is 0 Å². The first-order valence-corrected chi connectivity index (χ1v) is 6.70. The van der Waals surface area contributed by atoms with E-state index in [1.807, 2.05) is 12.1 Å². The molecule has 1 saturated heterocycles. The van der Waals surface area contributed by atoms with Gasteiger partial charge in [0.15, 0.2) is 0 Å². The maximum Gasteiger partial charge on any atom is 0.237 e. The Morgan fingerprint density at radius 1 is 1.59 bits per heavy atom. The van der Waals surface area contributed by atoms with Crippen LogP contribution in [0.5, 0.6) is 0 Å². The molecule has 1 aromatic heterocycles. The monoisotopic (exact) mass is 294 g/mol. The van der Waals surface area contributed by atoms with Gasteiger partial charge in [0.05, 0.1) is 10.4 Å². The maximum absolute atomic E-state index is 11.6. The molecule has 1 atom stereocenters. The molecule has 0 aromatic carbocycles. The lowest BCUT2D eigenvalue weighted by Crippen LogP contribution is -2.41. The second kappa shape index (κ2) is 7.21. The number of halogens is 2. The first-order chi connectivity index (χ1) is 7.75. The fraction of sp³-hybridized carbons (Fsp3) is 0.545. The van der Waals surface area contributed by atoms with Crippen LogP contribution in [0, 0.1) is 0 Å². The fourth-order valence-corrected chi connectivity index (χ4v) is 2.91. The summed E-state index contributed by atoms with van der Waals surface area (Å²) in [4.78, 5) is 12.9. The van der Waals surface area contributed by atoms with E-state index in [4.69, 9.17) is 11.6 Å². The zero-order valence-corrected chi connectivity index (χ0v) is 11.8. The molecular weight excluding hydrogens is 279 g/mol. The summed E-state index contributed by atoms with van der Waals surface area (Å²) in [6, 6.07) is 3.92. The minimum atomic E-state index is 0. The number of thiophene rings is 1. The second-order valence-electron chi connectivity index (χ2n) is 3.90. The highest BCUT2D eigenvalue weighted by molar-refractivity contribution is 7.16. The van der Waals surface area contributed by atoms with E-state index in [0.29, 0.717) is 6.54 Å².